The van der Waals surface area contributed by atoms with Gasteiger partial charge in [-0.05, 0) is 80.0 Å². The van der Waals surface area contributed by atoms with Crippen LogP contribution in [-0.4, -0.2) is 39.4 Å². The molecule has 0 radical (unpaired) electrons. The molecule has 4 heteroatoms. The second-order valence-electron chi connectivity index (χ2n) is 10.1. The van der Waals surface area contributed by atoms with Crippen molar-refractivity contribution in [3.8, 4) is 0 Å². The van der Waals surface area contributed by atoms with Crippen LogP contribution in [0.15, 0.2) is 0 Å². The molecule has 0 bridgehead atoms. The summed E-state index contributed by atoms with van der Waals surface area (Å²) >= 11 is 0. The summed E-state index contributed by atoms with van der Waals surface area (Å²) in [6.07, 6.45) is 4.66. The maximum atomic E-state index is 12.7. The van der Waals surface area contributed by atoms with Gasteiger partial charge >= 0.3 is 0 Å². The molecule has 4 nitrogen and oxygen atoms in total. The maximum absolute atomic E-state index is 12.7. The lowest BCUT2D eigenvalue weighted by Crippen LogP contribution is -2.58. The Morgan fingerprint density at radius 2 is 1.64 bits per heavy atom. The van der Waals surface area contributed by atoms with Gasteiger partial charge in [0.2, 0.25) is 0 Å². The number of ketones is 1. The van der Waals surface area contributed by atoms with Crippen LogP contribution in [-0.2, 0) is 4.79 Å². The fourth-order valence-electron chi connectivity index (χ4n) is 7.96. The maximum Gasteiger partial charge on any atom is 0.139 e. The van der Waals surface area contributed by atoms with Crippen LogP contribution in [0.2, 0.25) is 0 Å². The summed E-state index contributed by atoms with van der Waals surface area (Å²) in [4.78, 5) is 12.7. The Labute approximate surface area is 151 Å². The molecule has 25 heavy (non-hydrogen) atoms. The van der Waals surface area contributed by atoms with E-state index in [2.05, 4.69) is 13.8 Å². The summed E-state index contributed by atoms with van der Waals surface area (Å²) in [5.74, 6) is 1.67. The summed E-state index contributed by atoms with van der Waals surface area (Å²) in [6, 6.07) is 0. The largest absolute Gasteiger partial charge is 0.393 e. The van der Waals surface area contributed by atoms with Crippen LogP contribution in [0.5, 0.6) is 0 Å². The highest BCUT2D eigenvalue weighted by atomic mass is 16.3. The summed E-state index contributed by atoms with van der Waals surface area (Å²) in [5, 5.41) is 31.0. The molecule has 0 aromatic heterocycles. The lowest BCUT2D eigenvalue weighted by molar-refractivity contribution is -0.175. The molecule has 4 rings (SSSR count). The van der Waals surface area contributed by atoms with Gasteiger partial charge in [0.15, 0.2) is 0 Å². The minimum atomic E-state index is -0.594. The van der Waals surface area contributed by atoms with Gasteiger partial charge in [-0.25, -0.2) is 0 Å². The Balaban J connectivity index is 1.65. The van der Waals surface area contributed by atoms with Crippen molar-refractivity contribution in [2.24, 2.45) is 40.4 Å². The van der Waals surface area contributed by atoms with Gasteiger partial charge in [0.25, 0.3) is 0 Å². The van der Waals surface area contributed by atoms with E-state index in [0.29, 0.717) is 30.6 Å². The SMILES string of the molecule is CC(O)C1C(=O)CC2C3CCC4C(O)C(O)CCC4(C)C3CCC21C. The molecule has 0 spiro atoms. The molecule has 0 aromatic carbocycles. The van der Waals surface area contributed by atoms with Crippen LogP contribution in [0.1, 0.15) is 65.7 Å². The minimum absolute atomic E-state index is 0.0671. The first-order valence-electron chi connectivity index (χ1n) is 10.3. The van der Waals surface area contributed by atoms with Crippen molar-refractivity contribution in [1.29, 1.82) is 0 Å². The Kier molecular flexibility index (Phi) is 4.14. The Morgan fingerprint density at radius 1 is 0.960 bits per heavy atom. The van der Waals surface area contributed by atoms with Gasteiger partial charge < -0.3 is 15.3 Å². The van der Waals surface area contributed by atoms with E-state index in [1.807, 2.05) is 0 Å². The van der Waals surface area contributed by atoms with Crippen LogP contribution in [0.25, 0.3) is 0 Å². The average molecular weight is 350 g/mol. The molecular formula is C21H34O4. The van der Waals surface area contributed by atoms with Gasteiger partial charge in [0.1, 0.15) is 5.78 Å². The molecule has 0 amide bonds. The molecule has 0 aliphatic heterocycles. The average Bonchev–Trinajstić information content (AvgIpc) is 2.81. The number of Topliss-reactive ketones (excluding diaryl/α,β-unsaturated/α-hetero) is 1. The number of fused-ring (bicyclic) bond motifs is 5. The zero-order valence-electron chi connectivity index (χ0n) is 15.8. The van der Waals surface area contributed by atoms with Crippen LogP contribution in [0.3, 0.4) is 0 Å². The van der Waals surface area contributed by atoms with Gasteiger partial charge in [-0.2, -0.15) is 0 Å². The van der Waals surface area contributed by atoms with Crippen molar-refractivity contribution in [2.45, 2.75) is 84.0 Å². The van der Waals surface area contributed by atoms with E-state index in [1.165, 1.54) is 0 Å². The number of aliphatic hydroxyl groups excluding tert-OH is 3. The highest BCUT2D eigenvalue weighted by Crippen LogP contribution is 2.67. The van der Waals surface area contributed by atoms with Crippen LogP contribution >= 0.6 is 0 Å². The van der Waals surface area contributed by atoms with Gasteiger partial charge in [0.05, 0.1) is 18.3 Å². The van der Waals surface area contributed by atoms with Gasteiger partial charge in [-0.1, -0.05) is 13.8 Å². The topological polar surface area (TPSA) is 77.8 Å². The van der Waals surface area contributed by atoms with Crippen LogP contribution in [0.4, 0.5) is 0 Å². The highest BCUT2D eigenvalue weighted by Gasteiger charge is 2.63. The third-order valence-corrected chi connectivity index (χ3v) is 9.13. The standard InChI is InChI=1S/C21H34O4/c1-11(22)18-17(24)10-15-12-4-5-14-19(25)16(23)7-9-20(14,2)13(12)6-8-21(15,18)3/h11-16,18-19,22-23,25H,4-10H2,1-3H3. The lowest BCUT2D eigenvalue weighted by atomic mass is 9.44. The second-order valence-corrected chi connectivity index (χ2v) is 10.1. The Morgan fingerprint density at radius 3 is 2.32 bits per heavy atom. The molecule has 3 N–H and O–H groups in total. The van der Waals surface area contributed by atoms with Crippen molar-refractivity contribution in [1.82, 2.24) is 0 Å². The zero-order valence-corrected chi connectivity index (χ0v) is 15.8. The summed E-state index contributed by atoms with van der Waals surface area (Å²) in [7, 11) is 0. The Hall–Kier alpha value is -0.450. The molecule has 4 aliphatic rings. The number of carbonyl (C=O) groups is 1. The third kappa shape index (κ3) is 2.33. The summed E-state index contributed by atoms with van der Waals surface area (Å²) < 4.78 is 0. The number of hydrogen-bond donors (Lipinski definition) is 3. The van der Waals surface area contributed by atoms with E-state index >= 15 is 0 Å². The number of hydrogen-bond acceptors (Lipinski definition) is 4. The smallest absolute Gasteiger partial charge is 0.139 e. The lowest BCUT2D eigenvalue weighted by Gasteiger charge is -2.61. The molecule has 0 heterocycles. The van der Waals surface area contributed by atoms with E-state index < -0.39 is 18.3 Å². The molecular weight excluding hydrogens is 316 g/mol. The highest BCUT2D eigenvalue weighted by molar-refractivity contribution is 5.85. The van der Waals surface area contributed by atoms with Gasteiger partial charge in [0, 0.05) is 12.3 Å². The van der Waals surface area contributed by atoms with E-state index in [0.717, 1.165) is 32.1 Å². The molecule has 4 aliphatic carbocycles. The second kappa shape index (κ2) is 5.77. The van der Waals surface area contributed by atoms with Crippen molar-refractivity contribution in [3.63, 3.8) is 0 Å². The third-order valence-electron chi connectivity index (χ3n) is 9.13. The van der Waals surface area contributed by atoms with E-state index in [4.69, 9.17) is 0 Å². The zero-order chi connectivity index (χ0) is 18.1. The fraction of sp³-hybridized carbons (Fsp3) is 0.952. The minimum Gasteiger partial charge on any atom is -0.393 e. The first kappa shape index (κ1) is 17.9. The Bertz CT molecular complexity index is 560. The number of aliphatic hydroxyl groups is 3. The van der Waals surface area contributed by atoms with Crippen LogP contribution < -0.4 is 0 Å². The molecule has 10 unspecified atom stereocenters. The van der Waals surface area contributed by atoms with Crippen molar-refractivity contribution in [3.05, 3.63) is 0 Å². The van der Waals surface area contributed by atoms with E-state index in [9.17, 15) is 20.1 Å². The number of rotatable bonds is 1. The van der Waals surface area contributed by atoms with Crippen molar-refractivity contribution >= 4 is 5.78 Å². The monoisotopic (exact) mass is 350 g/mol. The van der Waals surface area contributed by atoms with E-state index in [1.54, 1.807) is 6.92 Å². The molecule has 4 fully saturated rings. The molecule has 10 atom stereocenters. The summed E-state index contributed by atoms with van der Waals surface area (Å²) in [5.41, 5.74) is 0.0112. The first-order chi connectivity index (χ1) is 11.7. The molecule has 142 valence electrons. The number of carbonyl (C=O) groups excluding carboxylic acids is 1. The summed E-state index contributed by atoms with van der Waals surface area (Å²) in [6.45, 7) is 6.35. The molecule has 0 aromatic rings. The van der Waals surface area contributed by atoms with E-state index in [-0.39, 0.29) is 28.4 Å². The quantitative estimate of drug-likeness (QED) is 0.679. The first-order valence-corrected chi connectivity index (χ1v) is 10.3. The fourth-order valence-corrected chi connectivity index (χ4v) is 7.96. The molecule has 4 saturated carbocycles. The van der Waals surface area contributed by atoms with Crippen LogP contribution in [0, 0.1) is 40.4 Å². The van der Waals surface area contributed by atoms with Crippen molar-refractivity contribution in [2.75, 3.05) is 0 Å². The normalized spacial score (nSPS) is 56.7. The predicted molar refractivity (Wildman–Crippen MR) is 94.7 cm³/mol. The predicted octanol–water partition coefficient (Wildman–Crippen LogP) is 2.54. The van der Waals surface area contributed by atoms with Crippen molar-refractivity contribution < 1.29 is 20.1 Å². The molecule has 0 saturated heterocycles. The van der Waals surface area contributed by atoms with Gasteiger partial charge in [-0.3, -0.25) is 4.79 Å². The van der Waals surface area contributed by atoms with Gasteiger partial charge in [-0.15, -0.1) is 0 Å².